The summed E-state index contributed by atoms with van der Waals surface area (Å²) in [6, 6.07) is 6.84. The number of fused-ring (bicyclic) bond motifs is 1. The maximum absolute atomic E-state index is 13.6. The monoisotopic (exact) mass is 278 g/mol. The van der Waals surface area contributed by atoms with Crippen LogP contribution in [0.4, 0.5) is 4.39 Å². The lowest BCUT2D eigenvalue weighted by Gasteiger charge is -2.21. The fraction of sp³-hybridized carbons (Fsp3) is 0.647. The number of epoxide rings is 1. The fourth-order valence-electron chi connectivity index (χ4n) is 3.43. The van der Waals surface area contributed by atoms with Crippen LogP contribution in [0.15, 0.2) is 24.3 Å². The zero-order valence-electron chi connectivity index (χ0n) is 12.1. The molecule has 0 bridgehead atoms. The number of benzene rings is 1. The minimum Gasteiger partial charge on any atom is -0.370 e. The van der Waals surface area contributed by atoms with E-state index < -0.39 is 0 Å². The van der Waals surface area contributed by atoms with Gasteiger partial charge < -0.3 is 9.47 Å². The molecule has 110 valence electrons. The van der Waals surface area contributed by atoms with Crippen molar-refractivity contribution in [1.82, 2.24) is 0 Å². The fourth-order valence-corrected chi connectivity index (χ4v) is 3.43. The predicted molar refractivity (Wildman–Crippen MR) is 76.0 cm³/mol. The Hall–Kier alpha value is -0.930. The van der Waals surface area contributed by atoms with Crippen molar-refractivity contribution in [2.45, 2.75) is 69.9 Å². The van der Waals surface area contributed by atoms with Gasteiger partial charge in [-0.25, -0.2) is 4.39 Å². The van der Waals surface area contributed by atoms with Gasteiger partial charge in [-0.1, -0.05) is 44.4 Å². The topological polar surface area (TPSA) is 21.8 Å². The molecular formula is C17H23FO2. The minimum atomic E-state index is -0.182. The Labute approximate surface area is 120 Å². The molecule has 2 nitrogen and oxygen atoms in total. The molecule has 0 spiro atoms. The highest BCUT2D eigenvalue weighted by Crippen LogP contribution is 2.54. The van der Waals surface area contributed by atoms with Crippen molar-refractivity contribution >= 4 is 0 Å². The van der Waals surface area contributed by atoms with E-state index >= 15 is 0 Å². The first-order chi connectivity index (χ1) is 9.76. The summed E-state index contributed by atoms with van der Waals surface area (Å²) in [4.78, 5) is 0. The molecule has 1 aromatic carbocycles. The van der Waals surface area contributed by atoms with Gasteiger partial charge in [0.25, 0.3) is 0 Å². The van der Waals surface area contributed by atoms with Crippen LogP contribution in [-0.4, -0.2) is 17.8 Å². The van der Waals surface area contributed by atoms with Gasteiger partial charge in [0.2, 0.25) is 0 Å². The number of unbranched alkanes of at least 4 members (excludes halogenated alkanes) is 2. The lowest BCUT2D eigenvalue weighted by molar-refractivity contribution is -0.0223. The van der Waals surface area contributed by atoms with Crippen LogP contribution in [0.2, 0.25) is 0 Å². The van der Waals surface area contributed by atoms with Crippen molar-refractivity contribution in [1.29, 1.82) is 0 Å². The Morgan fingerprint density at radius 2 is 2.15 bits per heavy atom. The van der Waals surface area contributed by atoms with E-state index in [0.29, 0.717) is 18.3 Å². The van der Waals surface area contributed by atoms with Crippen LogP contribution in [0.25, 0.3) is 0 Å². The average Bonchev–Trinajstić information content (AvgIpc) is 3.06. The van der Waals surface area contributed by atoms with E-state index in [1.807, 2.05) is 6.07 Å². The molecule has 3 atom stereocenters. The zero-order valence-corrected chi connectivity index (χ0v) is 12.1. The quantitative estimate of drug-likeness (QED) is 0.550. The van der Waals surface area contributed by atoms with Gasteiger partial charge >= 0.3 is 0 Å². The Morgan fingerprint density at radius 3 is 2.90 bits per heavy atom. The van der Waals surface area contributed by atoms with Gasteiger partial charge in [-0.05, 0) is 25.3 Å². The summed E-state index contributed by atoms with van der Waals surface area (Å²) in [6.07, 6.45) is 7.44. The minimum absolute atomic E-state index is 0.0412. The van der Waals surface area contributed by atoms with Gasteiger partial charge in [0, 0.05) is 5.56 Å². The van der Waals surface area contributed by atoms with Crippen LogP contribution in [-0.2, 0) is 16.1 Å². The molecule has 0 unspecified atom stereocenters. The number of halogens is 1. The molecule has 1 saturated carbocycles. The summed E-state index contributed by atoms with van der Waals surface area (Å²) in [6.45, 7) is 2.56. The highest BCUT2D eigenvalue weighted by molar-refractivity contribution is 5.17. The first kappa shape index (κ1) is 14.0. The van der Waals surface area contributed by atoms with Crippen LogP contribution in [0.1, 0.15) is 51.0 Å². The highest BCUT2D eigenvalue weighted by atomic mass is 19.1. The van der Waals surface area contributed by atoms with E-state index in [4.69, 9.17) is 9.47 Å². The van der Waals surface area contributed by atoms with Gasteiger partial charge in [0.05, 0.1) is 18.8 Å². The average molecular weight is 278 g/mol. The Kier molecular flexibility index (Phi) is 4.08. The summed E-state index contributed by atoms with van der Waals surface area (Å²) in [5, 5.41) is 0. The van der Waals surface area contributed by atoms with E-state index in [0.717, 1.165) is 19.3 Å². The molecule has 2 fully saturated rings. The molecule has 1 heterocycles. The number of rotatable bonds is 7. The smallest absolute Gasteiger partial charge is 0.128 e. The van der Waals surface area contributed by atoms with Crippen molar-refractivity contribution in [2.24, 2.45) is 0 Å². The molecule has 1 saturated heterocycles. The molecule has 1 aromatic rings. The van der Waals surface area contributed by atoms with Crippen LogP contribution in [0.3, 0.4) is 0 Å². The van der Waals surface area contributed by atoms with E-state index in [-0.39, 0.29) is 17.5 Å². The second-order valence-corrected chi connectivity index (χ2v) is 5.99. The SMILES string of the molecule is CCCCC[C@]12O[C@@H]1CC[C@@H]2OCc1ccccc1F. The molecular weight excluding hydrogens is 255 g/mol. The summed E-state index contributed by atoms with van der Waals surface area (Å²) in [5.41, 5.74) is 0.598. The number of hydrogen-bond donors (Lipinski definition) is 0. The van der Waals surface area contributed by atoms with Crippen LogP contribution >= 0.6 is 0 Å². The molecule has 1 aliphatic carbocycles. The van der Waals surface area contributed by atoms with Crippen LogP contribution in [0, 0.1) is 5.82 Å². The lowest BCUT2D eigenvalue weighted by atomic mass is 9.97. The normalized spacial score (nSPS) is 31.3. The van der Waals surface area contributed by atoms with Gasteiger partial charge in [-0.15, -0.1) is 0 Å². The summed E-state index contributed by atoms with van der Waals surface area (Å²) < 4.78 is 25.5. The maximum Gasteiger partial charge on any atom is 0.128 e. The third kappa shape index (κ3) is 2.61. The molecule has 3 heteroatoms. The Balaban J connectivity index is 1.56. The molecule has 1 aliphatic heterocycles. The third-order valence-electron chi connectivity index (χ3n) is 4.65. The van der Waals surface area contributed by atoms with Crippen molar-refractivity contribution in [3.8, 4) is 0 Å². The van der Waals surface area contributed by atoms with Gasteiger partial charge in [0.15, 0.2) is 0 Å². The Morgan fingerprint density at radius 1 is 1.30 bits per heavy atom. The Bertz CT molecular complexity index is 462. The molecule has 0 aromatic heterocycles. The van der Waals surface area contributed by atoms with Gasteiger partial charge in [-0.2, -0.15) is 0 Å². The van der Waals surface area contributed by atoms with Gasteiger partial charge in [-0.3, -0.25) is 0 Å². The number of ether oxygens (including phenoxy) is 2. The van der Waals surface area contributed by atoms with E-state index in [1.165, 1.54) is 25.3 Å². The van der Waals surface area contributed by atoms with Crippen molar-refractivity contribution < 1.29 is 13.9 Å². The highest BCUT2D eigenvalue weighted by Gasteiger charge is 2.65. The molecule has 0 radical (unpaired) electrons. The molecule has 3 rings (SSSR count). The predicted octanol–water partition coefficient (Wildman–Crippen LogP) is 4.22. The first-order valence-electron chi connectivity index (χ1n) is 7.79. The van der Waals surface area contributed by atoms with Crippen LogP contribution in [0.5, 0.6) is 0 Å². The van der Waals surface area contributed by atoms with Gasteiger partial charge in [0.1, 0.15) is 11.4 Å². The maximum atomic E-state index is 13.6. The molecule has 0 amide bonds. The standard InChI is InChI=1S/C17H23FO2/c1-2-3-6-11-17-15(9-10-16(17)20-17)19-12-13-7-4-5-8-14(13)18/h4-5,7-8,15-16H,2-3,6,9-12H2,1H3/t15-,16+,17+/m0/s1. The summed E-state index contributed by atoms with van der Waals surface area (Å²) >= 11 is 0. The second kappa shape index (κ2) is 5.82. The molecule has 2 aliphatic rings. The summed E-state index contributed by atoms with van der Waals surface area (Å²) in [7, 11) is 0. The first-order valence-corrected chi connectivity index (χ1v) is 7.79. The van der Waals surface area contributed by atoms with E-state index in [9.17, 15) is 4.39 Å². The molecule has 20 heavy (non-hydrogen) atoms. The summed E-state index contributed by atoms with van der Waals surface area (Å²) in [5.74, 6) is -0.182. The van der Waals surface area contributed by atoms with E-state index in [1.54, 1.807) is 12.1 Å². The lowest BCUT2D eigenvalue weighted by Crippen LogP contribution is -2.30. The van der Waals surface area contributed by atoms with E-state index in [2.05, 4.69) is 6.92 Å². The van der Waals surface area contributed by atoms with Crippen molar-refractivity contribution in [3.05, 3.63) is 35.6 Å². The third-order valence-corrected chi connectivity index (χ3v) is 4.65. The molecule has 0 N–H and O–H groups in total. The number of hydrogen-bond acceptors (Lipinski definition) is 2. The van der Waals surface area contributed by atoms with Crippen molar-refractivity contribution in [3.63, 3.8) is 0 Å². The van der Waals surface area contributed by atoms with Crippen LogP contribution < -0.4 is 0 Å². The largest absolute Gasteiger partial charge is 0.370 e. The second-order valence-electron chi connectivity index (χ2n) is 5.99. The van der Waals surface area contributed by atoms with Crippen molar-refractivity contribution in [2.75, 3.05) is 0 Å². The zero-order chi connectivity index (χ0) is 14.0.